The molecule has 0 unspecified atom stereocenters. The Morgan fingerprint density at radius 2 is 2.04 bits per heavy atom. The molecule has 4 rings (SSSR count). The molecular weight excluding hydrogens is 326 g/mol. The van der Waals surface area contributed by atoms with Crippen LogP contribution in [0.5, 0.6) is 5.75 Å². The highest BCUT2D eigenvalue weighted by Gasteiger charge is 2.27. The predicted octanol–water partition coefficient (Wildman–Crippen LogP) is 4.67. The molecule has 0 atom stereocenters. The maximum atomic E-state index is 6.09. The first-order valence-corrected chi connectivity index (χ1v) is 9.29. The van der Waals surface area contributed by atoms with Gasteiger partial charge in [-0.1, -0.05) is 13.0 Å². The first kappa shape index (κ1) is 16.9. The second-order valence-electron chi connectivity index (χ2n) is 7.16. The predicted molar refractivity (Wildman–Crippen MR) is 101 cm³/mol. The Hall–Kier alpha value is -2.56. The summed E-state index contributed by atoms with van der Waals surface area (Å²) < 4.78 is 13.6. The van der Waals surface area contributed by atoms with Crippen LogP contribution in [0.4, 0.5) is 0 Å². The van der Waals surface area contributed by atoms with Gasteiger partial charge in [-0.05, 0) is 61.9 Å². The van der Waals surface area contributed by atoms with E-state index in [0.717, 1.165) is 64.5 Å². The third-order valence-corrected chi connectivity index (χ3v) is 4.90. The summed E-state index contributed by atoms with van der Waals surface area (Å²) in [6.07, 6.45) is 4.33. The smallest absolute Gasteiger partial charge is 0.199 e. The normalized spacial score (nSPS) is 14.0. The Morgan fingerprint density at radius 3 is 2.69 bits per heavy atom. The van der Waals surface area contributed by atoms with Gasteiger partial charge in [0.05, 0.1) is 7.11 Å². The Bertz CT molecular complexity index is 935. The van der Waals surface area contributed by atoms with Crippen LogP contribution in [0.1, 0.15) is 42.5 Å². The number of ether oxygens (including phenoxy) is 1. The van der Waals surface area contributed by atoms with Crippen LogP contribution in [0.3, 0.4) is 0 Å². The van der Waals surface area contributed by atoms with E-state index in [1.807, 2.05) is 16.8 Å². The van der Waals surface area contributed by atoms with Crippen LogP contribution in [0.2, 0.25) is 0 Å². The van der Waals surface area contributed by atoms with Crippen LogP contribution in [-0.2, 0) is 12.8 Å². The standard InChI is InChI=1S/C21H25N3O2/c1-5-16-11-14(3)20(26-16)21-22-19(12-15-7-8-15)23-24(21)17-10-13(2)6-9-18(17)25-4/h6,9-11,15H,5,7-8,12H2,1-4H3. The van der Waals surface area contributed by atoms with Gasteiger partial charge in [0.2, 0.25) is 0 Å². The fourth-order valence-electron chi connectivity index (χ4n) is 3.25. The molecule has 0 spiro atoms. The number of aromatic nitrogens is 3. The second-order valence-corrected chi connectivity index (χ2v) is 7.16. The van der Waals surface area contributed by atoms with Gasteiger partial charge in [0.25, 0.3) is 0 Å². The second kappa shape index (κ2) is 6.63. The molecule has 1 aliphatic carbocycles. The fraction of sp³-hybridized carbons (Fsp3) is 0.429. The molecule has 2 heterocycles. The molecule has 2 aromatic heterocycles. The van der Waals surface area contributed by atoms with Crippen LogP contribution in [-0.4, -0.2) is 21.9 Å². The maximum Gasteiger partial charge on any atom is 0.199 e. The Labute approximate surface area is 154 Å². The van der Waals surface area contributed by atoms with Crippen LogP contribution >= 0.6 is 0 Å². The van der Waals surface area contributed by atoms with Crippen molar-refractivity contribution in [3.8, 4) is 23.0 Å². The number of hydrogen-bond donors (Lipinski definition) is 0. The number of rotatable bonds is 6. The molecule has 0 aliphatic heterocycles. The number of hydrogen-bond acceptors (Lipinski definition) is 4. The summed E-state index contributed by atoms with van der Waals surface area (Å²) in [4.78, 5) is 4.85. The lowest BCUT2D eigenvalue weighted by Crippen LogP contribution is -2.03. The fourth-order valence-corrected chi connectivity index (χ4v) is 3.25. The molecule has 26 heavy (non-hydrogen) atoms. The van der Waals surface area contributed by atoms with Gasteiger partial charge in [0.15, 0.2) is 17.4 Å². The van der Waals surface area contributed by atoms with Crippen molar-refractivity contribution in [2.75, 3.05) is 7.11 Å². The van der Waals surface area contributed by atoms with Gasteiger partial charge in [-0.25, -0.2) is 9.67 Å². The van der Waals surface area contributed by atoms with Crippen molar-refractivity contribution >= 4 is 0 Å². The Morgan fingerprint density at radius 1 is 1.23 bits per heavy atom. The van der Waals surface area contributed by atoms with Crippen molar-refractivity contribution in [2.45, 2.75) is 46.5 Å². The average molecular weight is 351 g/mol. The van der Waals surface area contributed by atoms with Crippen LogP contribution in [0.25, 0.3) is 17.3 Å². The number of nitrogens with zero attached hydrogens (tertiary/aromatic N) is 3. The molecule has 3 aromatic rings. The third kappa shape index (κ3) is 3.14. The highest BCUT2D eigenvalue weighted by Crippen LogP contribution is 2.35. The third-order valence-electron chi connectivity index (χ3n) is 4.90. The van der Waals surface area contributed by atoms with Crippen molar-refractivity contribution in [1.29, 1.82) is 0 Å². The summed E-state index contributed by atoms with van der Waals surface area (Å²) in [5.74, 6) is 4.88. The van der Waals surface area contributed by atoms with Crippen molar-refractivity contribution in [3.05, 3.63) is 47.0 Å². The molecule has 0 saturated heterocycles. The van der Waals surface area contributed by atoms with E-state index < -0.39 is 0 Å². The highest BCUT2D eigenvalue weighted by atomic mass is 16.5. The number of benzene rings is 1. The number of furan rings is 1. The minimum Gasteiger partial charge on any atom is -0.494 e. The zero-order valence-electron chi connectivity index (χ0n) is 15.9. The summed E-state index contributed by atoms with van der Waals surface area (Å²) in [6.45, 7) is 6.22. The molecule has 0 bridgehead atoms. The minimum atomic E-state index is 0.724. The lowest BCUT2D eigenvalue weighted by atomic mass is 10.2. The van der Waals surface area contributed by atoms with E-state index in [0.29, 0.717) is 0 Å². The molecule has 0 radical (unpaired) electrons. The van der Waals surface area contributed by atoms with E-state index in [1.54, 1.807) is 7.11 Å². The van der Waals surface area contributed by atoms with E-state index in [1.165, 1.54) is 12.8 Å². The van der Waals surface area contributed by atoms with Gasteiger partial charge in [-0.3, -0.25) is 0 Å². The molecule has 1 saturated carbocycles. The molecular formula is C21H25N3O2. The van der Waals surface area contributed by atoms with E-state index >= 15 is 0 Å². The number of aryl methyl sites for hydroxylation is 3. The van der Waals surface area contributed by atoms with E-state index in [4.69, 9.17) is 19.2 Å². The molecule has 0 amide bonds. The summed E-state index contributed by atoms with van der Waals surface area (Å²) in [5, 5.41) is 4.83. The lowest BCUT2D eigenvalue weighted by molar-refractivity contribution is 0.411. The molecule has 1 fully saturated rings. The molecule has 1 aromatic carbocycles. The minimum absolute atomic E-state index is 0.724. The molecule has 5 nitrogen and oxygen atoms in total. The Kier molecular flexibility index (Phi) is 4.31. The lowest BCUT2D eigenvalue weighted by Gasteiger charge is -2.11. The average Bonchev–Trinajstić information content (AvgIpc) is 3.22. The molecule has 1 aliphatic rings. The summed E-state index contributed by atoms with van der Waals surface area (Å²) in [6, 6.07) is 8.18. The van der Waals surface area contributed by atoms with Gasteiger partial charge in [-0.15, -0.1) is 0 Å². The summed E-state index contributed by atoms with van der Waals surface area (Å²) in [5.41, 5.74) is 3.13. The van der Waals surface area contributed by atoms with E-state index in [9.17, 15) is 0 Å². The van der Waals surface area contributed by atoms with Crippen molar-refractivity contribution < 1.29 is 9.15 Å². The van der Waals surface area contributed by atoms with Gasteiger partial charge < -0.3 is 9.15 Å². The zero-order valence-corrected chi connectivity index (χ0v) is 15.9. The van der Waals surface area contributed by atoms with Gasteiger partial charge >= 0.3 is 0 Å². The van der Waals surface area contributed by atoms with Crippen LogP contribution < -0.4 is 4.74 Å². The SMILES string of the molecule is CCc1cc(C)c(-c2nc(CC3CC3)nn2-c2cc(C)ccc2OC)o1. The summed E-state index contributed by atoms with van der Waals surface area (Å²) >= 11 is 0. The largest absolute Gasteiger partial charge is 0.494 e. The molecule has 136 valence electrons. The topological polar surface area (TPSA) is 53.1 Å². The number of methoxy groups -OCH3 is 1. The van der Waals surface area contributed by atoms with Gasteiger partial charge in [0.1, 0.15) is 17.2 Å². The monoisotopic (exact) mass is 351 g/mol. The molecule has 0 N–H and O–H groups in total. The first-order chi connectivity index (χ1) is 12.6. The van der Waals surface area contributed by atoms with Gasteiger partial charge in [0, 0.05) is 12.8 Å². The van der Waals surface area contributed by atoms with E-state index in [-0.39, 0.29) is 0 Å². The zero-order chi connectivity index (χ0) is 18.3. The Balaban J connectivity index is 1.88. The van der Waals surface area contributed by atoms with Crippen molar-refractivity contribution in [2.24, 2.45) is 5.92 Å². The first-order valence-electron chi connectivity index (χ1n) is 9.29. The van der Waals surface area contributed by atoms with Crippen molar-refractivity contribution in [1.82, 2.24) is 14.8 Å². The molecule has 5 heteroatoms. The van der Waals surface area contributed by atoms with E-state index in [2.05, 4.69) is 32.9 Å². The highest BCUT2D eigenvalue weighted by molar-refractivity contribution is 5.59. The maximum absolute atomic E-state index is 6.09. The van der Waals surface area contributed by atoms with Crippen LogP contribution in [0, 0.1) is 19.8 Å². The quantitative estimate of drug-likeness (QED) is 0.648. The summed E-state index contributed by atoms with van der Waals surface area (Å²) in [7, 11) is 1.68. The van der Waals surface area contributed by atoms with Crippen LogP contribution in [0.15, 0.2) is 28.7 Å². The van der Waals surface area contributed by atoms with Crippen molar-refractivity contribution in [3.63, 3.8) is 0 Å². The van der Waals surface area contributed by atoms with Gasteiger partial charge in [-0.2, -0.15) is 5.10 Å².